The fraction of sp³-hybridized carbons (Fsp3) is 0.500. The van der Waals surface area contributed by atoms with E-state index in [0.29, 0.717) is 18.8 Å². The van der Waals surface area contributed by atoms with Gasteiger partial charge in [0.2, 0.25) is 0 Å². The van der Waals surface area contributed by atoms with Crippen molar-refractivity contribution in [3.63, 3.8) is 0 Å². The number of aromatic hydroxyl groups is 1. The maximum atomic E-state index is 11.0. The van der Waals surface area contributed by atoms with Crippen LogP contribution in [-0.2, 0) is 16.4 Å². The van der Waals surface area contributed by atoms with Crippen LogP contribution in [-0.4, -0.2) is 51.1 Å². The van der Waals surface area contributed by atoms with E-state index >= 15 is 0 Å². The SMILES string of the molecule is COc1ccc(CN(C)CCS(C)(=O)=O)c(O)c1. The molecule has 0 radical (unpaired) electrons. The van der Waals surface area contributed by atoms with Gasteiger partial charge in [0, 0.05) is 31.0 Å². The number of hydrogen-bond acceptors (Lipinski definition) is 5. The Morgan fingerprint density at radius 3 is 2.56 bits per heavy atom. The number of benzene rings is 1. The van der Waals surface area contributed by atoms with Crippen LogP contribution in [0.5, 0.6) is 11.5 Å². The number of hydrogen-bond donors (Lipinski definition) is 1. The van der Waals surface area contributed by atoms with Crippen LogP contribution in [0.1, 0.15) is 5.56 Å². The number of methoxy groups -OCH3 is 1. The summed E-state index contributed by atoms with van der Waals surface area (Å²) >= 11 is 0. The Balaban J connectivity index is 2.62. The number of rotatable bonds is 6. The standard InChI is InChI=1S/C12H19NO4S/c1-13(6-7-18(3,15)16)9-10-4-5-11(17-2)8-12(10)14/h4-5,8,14H,6-7,9H2,1-3H3. The third-order valence-corrected chi connectivity index (χ3v) is 3.50. The van der Waals surface area contributed by atoms with Crippen molar-refractivity contribution >= 4 is 9.84 Å². The zero-order valence-corrected chi connectivity index (χ0v) is 11.7. The van der Waals surface area contributed by atoms with Crippen LogP contribution < -0.4 is 4.74 Å². The van der Waals surface area contributed by atoms with Crippen LogP contribution in [0.25, 0.3) is 0 Å². The average Bonchev–Trinajstić information content (AvgIpc) is 2.28. The van der Waals surface area contributed by atoms with E-state index in [1.165, 1.54) is 13.4 Å². The fourth-order valence-corrected chi connectivity index (χ4v) is 2.14. The molecule has 0 amide bonds. The lowest BCUT2D eigenvalue weighted by molar-refractivity contribution is 0.336. The Hall–Kier alpha value is -1.27. The summed E-state index contributed by atoms with van der Waals surface area (Å²) in [5.41, 5.74) is 0.742. The largest absolute Gasteiger partial charge is 0.507 e. The lowest BCUT2D eigenvalue weighted by Crippen LogP contribution is -2.24. The summed E-state index contributed by atoms with van der Waals surface area (Å²) in [6.45, 7) is 0.926. The minimum absolute atomic E-state index is 0.112. The van der Waals surface area contributed by atoms with Gasteiger partial charge in [-0.3, -0.25) is 0 Å². The van der Waals surface area contributed by atoms with Gasteiger partial charge in [-0.2, -0.15) is 0 Å². The quantitative estimate of drug-likeness (QED) is 0.833. The predicted molar refractivity (Wildman–Crippen MR) is 70.7 cm³/mol. The van der Waals surface area contributed by atoms with Crippen molar-refractivity contribution in [2.45, 2.75) is 6.54 Å². The van der Waals surface area contributed by atoms with Crippen LogP contribution in [0.2, 0.25) is 0 Å². The molecule has 1 aromatic carbocycles. The summed E-state index contributed by atoms with van der Waals surface area (Å²) in [6.07, 6.45) is 1.21. The molecule has 5 nitrogen and oxygen atoms in total. The van der Waals surface area contributed by atoms with Crippen molar-refractivity contribution in [3.8, 4) is 11.5 Å². The molecule has 0 saturated heterocycles. The molecular weight excluding hydrogens is 254 g/mol. The smallest absolute Gasteiger partial charge is 0.148 e. The molecule has 0 fully saturated rings. The van der Waals surface area contributed by atoms with E-state index in [0.717, 1.165) is 5.56 Å². The van der Waals surface area contributed by atoms with Crippen LogP contribution in [0.3, 0.4) is 0 Å². The molecule has 0 aromatic heterocycles. The molecule has 0 bridgehead atoms. The van der Waals surface area contributed by atoms with E-state index < -0.39 is 9.84 Å². The highest BCUT2D eigenvalue weighted by molar-refractivity contribution is 7.90. The third-order valence-electron chi connectivity index (χ3n) is 2.58. The predicted octanol–water partition coefficient (Wildman–Crippen LogP) is 0.877. The van der Waals surface area contributed by atoms with Gasteiger partial charge >= 0.3 is 0 Å². The Morgan fingerprint density at radius 1 is 1.39 bits per heavy atom. The second-order valence-corrected chi connectivity index (χ2v) is 6.62. The topological polar surface area (TPSA) is 66.8 Å². The molecular formula is C12H19NO4S. The number of sulfone groups is 1. The lowest BCUT2D eigenvalue weighted by Gasteiger charge is -2.17. The minimum Gasteiger partial charge on any atom is -0.507 e. The zero-order valence-electron chi connectivity index (χ0n) is 10.9. The van der Waals surface area contributed by atoms with E-state index in [1.54, 1.807) is 18.2 Å². The molecule has 0 atom stereocenters. The van der Waals surface area contributed by atoms with E-state index in [2.05, 4.69) is 0 Å². The van der Waals surface area contributed by atoms with Crippen molar-refractivity contribution < 1.29 is 18.3 Å². The van der Waals surface area contributed by atoms with Gasteiger partial charge in [0.1, 0.15) is 21.3 Å². The first kappa shape index (κ1) is 14.8. The van der Waals surface area contributed by atoms with Crippen molar-refractivity contribution in [2.75, 3.05) is 32.7 Å². The van der Waals surface area contributed by atoms with Gasteiger partial charge in [-0.1, -0.05) is 6.07 Å². The second-order valence-electron chi connectivity index (χ2n) is 4.36. The average molecular weight is 273 g/mol. The fourth-order valence-electron chi connectivity index (χ4n) is 1.50. The van der Waals surface area contributed by atoms with Gasteiger partial charge in [0.15, 0.2) is 0 Å². The molecule has 0 spiro atoms. The number of phenolic OH excluding ortho intramolecular Hbond substituents is 1. The number of ether oxygens (including phenoxy) is 1. The summed E-state index contributed by atoms with van der Waals surface area (Å²) in [4.78, 5) is 1.85. The zero-order chi connectivity index (χ0) is 13.8. The van der Waals surface area contributed by atoms with Gasteiger partial charge in [-0.05, 0) is 13.1 Å². The van der Waals surface area contributed by atoms with Gasteiger partial charge in [-0.25, -0.2) is 8.42 Å². The summed E-state index contributed by atoms with van der Waals surface area (Å²) in [7, 11) is 0.392. The first-order valence-electron chi connectivity index (χ1n) is 5.54. The molecule has 0 saturated carbocycles. The van der Waals surface area contributed by atoms with Crippen LogP contribution >= 0.6 is 0 Å². The first-order chi connectivity index (χ1) is 8.31. The van der Waals surface area contributed by atoms with E-state index in [4.69, 9.17) is 4.74 Å². The summed E-state index contributed by atoms with van der Waals surface area (Å²) in [6, 6.07) is 5.07. The van der Waals surface area contributed by atoms with E-state index in [1.807, 2.05) is 11.9 Å². The number of nitrogens with zero attached hydrogens (tertiary/aromatic N) is 1. The van der Waals surface area contributed by atoms with Gasteiger partial charge in [0.25, 0.3) is 0 Å². The summed E-state index contributed by atoms with van der Waals surface area (Å²) in [5.74, 6) is 0.857. The molecule has 0 aliphatic rings. The van der Waals surface area contributed by atoms with Crippen molar-refractivity contribution in [1.82, 2.24) is 4.90 Å². The van der Waals surface area contributed by atoms with E-state index in [-0.39, 0.29) is 11.5 Å². The highest BCUT2D eigenvalue weighted by Crippen LogP contribution is 2.24. The first-order valence-corrected chi connectivity index (χ1v) is 7.60. The molecule has 1 rings (SSSR count). The molecule has 0 unspecified atom stereocenters. The van der Waals surface area contributed by atoms with Crippen LogP contribution in [0.4, 0.5) is 0 Å². The maximum Gasteiger partial charge on any atom is 0.148 e. The molecule has 6 heteroatoms. The Morgan fingerprint density at radius 2 is 2.06 bits per heavy atom. The Kier molecular flexibility index (Phi) is 4.98. The molecule has 1 aromatic rings. The highest BCUT2D eigenvalue weighted by atomic mass is 32.2. The third kappa shape index (κ3) is 4.93. The van der Waals surface area contributed by atoms with Crippen molar-refractivity contribution in [3.05, 3.63) is 23.8 Å². The molecule has 0 heterocycles. The maximum absolute atomic E-state index is 11.0. The molecule has 18 heavy (non-hydrogen) atoms. The molecule has 0 aliphatic carbocycles. The minimum atomic E-state index is -2.96. The Bertz CT molecular complexity index is 499. The van der Waals surface area contributed by atoms with Gasteiger partial charge in [0.05, 0.1) is 12.9 Å². The van der Waals surface area contributed by atoms with Crippen LogP contribution in [0, 0.1) is 0 Å². The molecule has 102 valence electrons. The second kappa shape index (κ2) is 6.06. The lowest BCUT2D eigenvalue weighted by atomic mass is 10.2. The Labute approximate surface area is 108 Å². The summed E-state index contributed by atoms with van der Waals surface area (Å²) in [5, 5.41) is 9.77. The van der Waals surface area contributed by atoms with Gasteiger partial charge < -0.3 is 14.7 Å². The van der Waals surface area contributed by atoms with Crippen LogP contribution in [0.15, 0.2) is 18.2 Å². The van der Waals surface area contributed by atoms with Crippen molar-refractivity contribution in [1.29, 1.82) is 0 Å². The van der Waals surface area contributed by atoms with Crippen molar-refractivity contribution in [2.24, 2.45) is 0 Å². The van der Waals surface area contributed by atoms with Gasteiger partial charge in [-0.15, -0.1) is 0 Å². The number of phenols is 1. The molecule has 1 N–H and O–H groups in total. The normalized spacial score (nSPS) is 11.8. The summed E-state index contributed by atoms with van der Waals surface area (Å²) < 4.78 is 27.1. The molecule has 0 aliphatic heterocycles. The van der Waals surface area contributed by atoms with E-state index in [9.17, 15) is 13.5 Å². The highest BCUT2D eigenvalue weighted by Gasteiger charge is 2.09. The monoisotopic (exact) mass is 273 g/mol.